The average Bonchev–Trinajstić information content (AvgIpc) is 2.78. The first kappa shape index (κ1) is 16.3. The number of non-ortho nitro benzene ring substituents is 1. The van der Waals surface area contributed by atoms with Gasteiger partial charge in [0.1, 0.15) is 12.0 Å². The van der Waals surface area contributed by atoms with Crippen LogP contribution in [0.2, 0.25) is 5.15 Å². The Morgan fingerprint density at radius 2 is 1.88 bits per heavy atom. The number of rotatable bonds is 2. The predicted molar refractivity (Wildman–Crippen MR) is 100 cm³/mol. The number of fused-ring (bicyclic) bond motifs is 2. The molecule has 1 unspecified atom stereocenters. The van der Waals surface area contributed by atoms with Crippen LogP contribution in [0.4, 0.5) is 22.9 Å². The molecule has 2 aromatic carbocycles. The minimum Gasteiger partial charge on any atom is -0.369 e. The number of nitro benzene ring substituents is 1. The van der Waals surface area contributed by atoms with Crippen LogP contribution >= 0.6 is 11.6 Å². The SMILES string of the molecule is CN1c2ccccc2C(c2ccc([N+](=O)[O-])cc2)Nc2c(Cl)ncnc21. The third kappa shape index (κ3) is 2.62. The summed E-state index contributed by atoms with van der Waals surface area (Å²) >= 11 is 6.31. The van der Waals surface area contributed by atoms with Crippen LogP contribution in [0.5, 0.6) is 0 Å². The van der Waals surface area contributed by atoms with Gasteiger partial charge in [-0.05, 0) is 23.8 Å². The van der Waals surface area contributed by atoms with Crippen LogP contribution in [-0.2, 0) is 0 Å². The molecule has 7 nitrogen and oxygen atoms in total. The molecule has 4 rings (SSSR count). The van der Waals surface area contributed by atoms with Crippen LogP contribution in [-0.4, -0.2) is 21.9 Å². The van der Waals surface area contributed by atoms with Gasteiger partial charge in [0.05, 0.1) is 11.0 Å². The van der Waals surface area contributed by atoms with Crippen LogP contribution in [0, 0.1) is 10.1 Å². The van der Waals surface area contributed by atoms with E-state index < -0.39 is 4.92 Å². The van der Waals surface area contributed by atoms with Gasteiger partial charge in [-0.2, -0.15) is 0 Å². The fourth-order valence-electron chi connectivity index (χ4n) is 3.16. The predicted octanol–water partition coefficient (Wildman–Crippen LogP) is 4.32. The second kappa shape index (κ2) is 6.27. The summed E-state index contributed by atoms with van der Waals surface area (Å²) in [4.78, 5) is 20.9. The van der Waals surface area contributed by atoms with Crippen molar-refractivity contribution in [3.8, 4) is 0 Å². The van der Waals surface area contributed by atoms with Crippen molar-refractivity contribution in [2.45, 2.75) is 6.04 Å². The lowest BCUT2D eigenvalue weighted by Gasteiger charge is -2.21. The first-order chi connectivity index (χ1) is 12.6. The molecule has 0 amide bonds. The second-order valence-corrected chi connectivity index (χ2v) is 6.26. The number of hydrogen-bond acceptors (Lipinski definition) is 6. The largest absolute Gasteiger partial charge is 0.369 e. The normalized spacial score (nSPS) is 15.5. The molecule has 1 N–H and O–H groups in total. The maximum atomic E-state index is 10.9. The van der Waals surface area contributed by atoms with Gasteiger partial charge in [-0.1, -0.05) is 29.8 Å². The fraction of sp³-hybridized carbons (Fsp3) is 0.111. The number of nitro groups is 1. The number of anilines is 3. The molecule has 0 saturated heterocycles. The van der Waals surface area contributed by atoms with E-state index in [1.807, 2.05) is 36.2 Å². The van der Waals surface area contributed by atoms with Crippen molar-refractivity contribution in [3.05, 3.63) is 81.3 Å². The minimum absolute atomic E-state index is 0.0505. The van der Waals surface area contributed by atoms with E-state index in [1.165, 1.54) is 18.5 Å². The minimum atomic E-state index is -0.411. The van der Waals surface area contributed by atoms with E-state index >= 15 is 0 Å². The molecular weight excluding hydrogens is 354 g/mol. The third-order valence-corrected chi connectivity index (χ3v) is 4.72. The van der Waals surface area contributed by atoms with E-state index in [0.29, 0.717) is 16.7 Å². The summed E-state index contributed by atoms with van der Waals surface area (Å²) in [6.07, 6.45) is 1.42. The molecule has 8 heteroatoms. The number of halogens is 1. The van der Waals surface area contributed by atoms with Gasteiger partial charge in [-0.15, -0.1) is 0 Å². The molecule has 1 atom stereocenters. The summed E-state index contributed by atoms with van der Waals surface area (Å²) in [5, 5.41) is 14.7. The van der Waals surface area contributed by atoms with Gasteiger partial charge < -0.3 is 10.2 Å². The van der Waals surface area contributed by atoms with Crippen LogP contribution in [0.15, 0.2) is 54.9 Å². The zero-order chi connectivity index (χ0) is 18.3. The monoisotopic (exact) mass is 367 g/mol. The molecule has 0 fully saturated rings. The molecule has 26 heavy (non-hydrogen) atoms. The second-order valence-electron chi connectivity index (χ2n) is 5.91. The van der Waals surface area contributed by atoms with Crippen LogP contribution in [0.3, 0.4) is 0 Å². The number of nitrogens with zero attached hydrogens (tertiary/aromatic N) is 4. The Morgan fingerprint density at radius 3 is 2.62 bits per heavy atom. The van der Waals surface area contributed by atoms with Crippen LogP contribution in [0.25, 0.3) is 0 Å². The summed E-state index contributed by atoms with van der Waals surface area (Å²) in [6.45, 7) is 0. The number of aromatic nitrogens is 2. The molecule has 0 bridgehead atoms. The summed E-state index contributed by atoms with van der Waals surface area (Å²) in [6, 6.07) is 14.2. The highest BCUT2D eigenvalue weighted by molar-refractivity contribution is 6.32. The molecule has 1 aliphatic heterocycles. The summed E-state index contributed by atoms with van der Waals surface area (Å²) in [5.74, 6) is 0.668. The molecule has 0 saturated carbocycles. The van der Waals surface area contributed by atoms with E-state index in [2.05, 4.69) is 15.3 Å². The molecule has 1 aliphatic rings. The van der Waals surface area contributed by atoms with Gasteiger partial charge >= 0.3 is 0 Å². The Kier molecular flexibility index (Phi) is 3.93. The average molecular weight is 368 g/mol. The quantitative estimate of drug-likeness (QED) is 0.412. The smallest absolute Gasteiger partial charge is 0.269 e. The standard InChI is InChI=1S/C18H14ClN5O2/c1-23-14-5-3-2-4-13(14)15(11-6-8-12(9-7-11)24(25)26)22-16-17(19)20-10-21-18(16)23/h2-10,15,22H,1H3. The molecule has 3 aromatic rings. The van der Waals surface area contributed by atoms with Gasteiger partial charge in [-0.3, -0.25) is 10.1 Å². The Hall–Kier alpha value is -3.19. The van der Waals surface area contributed by atoms with E-state index in [4.69, 9.17) is 11.6 Å². The number of hydrogen-bond donors (Lipinski definition) is 1. The topological polar surface area (TPSA) is 84.2 Å². The first-order valence-electron chi connectivity index (χ1n) is 7.90. The van der Waals surface area contributed by atoms with Crippen molar-refractivity contribution in [1.82, 2.24) is 9.97 Å². The molecule has 0 radical (unpaired) electrons. The van der Waals surface area contributed by atoms with Crippen molar-refractivity contribution >= 4 is 34.5 Å². The summed E-state index contributed by atoms with van der Waals surface area (Å²) in [7, 11) is 1.92. The number of para-hydroxylation sites is 1. The number of nitrogens with one attached hydrogen (secondary N) is 1. The van der Waals surface area contributed by atoms with E-state index in [1.54, 1.807) is 12.1 Å². The highest BCUT2D eigenvalue weighted by atomic mass is 35.5. The van der Waals surface area contributed by atoms with Gasteiger partial charge in [0, 0.05) is 30.4 Å². The Morgan fingerprint density at radius 1 is 1.15 bits per heavy atom. The molecule has 0 aliphatic carbocycles. The molecule has 0 spiro atoms. The van der Waals surface area contributed by atoms with Gasteiger partial charge in [0.25, 0.3) is 5.69 Å². The first-order valence-corrected chi connectivity index (χ1v) is 8.28. The van der Waals surface area contributed by atoms with E-state index in [-0.39, 0.29) is 11.7 Å². The number of benzene rings is 2. The van der Waals surface area contributed by atoms with Crippen molar-refractivity contribution in [1.29, 1.82) is 0 Å². The van der Waals surface area contributed by atoms with Gasteiger partial charge in [0.15, 0.2) is 11.0 Å². The maximum absolute atomic E-state index is 10.9. The lowest BCUT2D eigenvalue weighted by molar-refractivity contribution is -0.384. The Balaban J connectivity index is 1.90. The Labute approximate surface area is 154 Å². The summed E-state index contributed by atoms with van der Waals surface area (Å²) < 4.78 is 0. The molecule has 1 aromatic heterocycles. The van der Waals surface area contributed by atoms with Crippen molar-refractivity contribution in [2.75, 3.05) is 17.3 Å². The molecule has 130 valence electrons. The van der Waals surface area contributed by atoms with Gasteiger partial charge in [-0.25, -0.2) is 9.97 Å². The molecule has 2 heterocycles. The van der Waals surface area contributed by atoms with E-state index in [0.717, 1.165) is 16.8 Å². The zero-order valence-electron chi connectivity index (χ0n) is 13.8. The van der Waals surface area contributed by atoms with Crippen molar-refractivity contribution < 1.29 is 4.92 Å². The highest BCUT2D eigenvalue weighted by Crippen LogP contribution is 2.43. The van der Waals surface area contributed by atoms with Crippen molar-refractivity contribution in [3.63, 3.8) is 0 Å². The van der Waals surface area contributed by atoms with Crippen LogP contribution in [0.1, 0.15) is 17.2 Å². The lowest BCUT2D eigenvalue weighted by atomic mass is 9.97. The highest BCUT2D eigenvalue weighted by Gasteiger charge is 2.28. The third-order valence-electron chi connectivity index (χ3n) is 4.43. The van der Waals surface area contributed by atoms with Gasteiger partial charge in [0.2, 0.25) is 0 Å². The van der Waals surface area contributed by atoms with Crippen molar-refractivity contribution in [2.24, 2.45) is 0 Å². The Bertz CT molecular complexity index is 993. The fourth-order valence-corrected chi connectivity index (χ4v) is 3.34. The zero-order valence-corrected chi connectivity index (χ0v) is 14.5. The lowest BCUT2D eigenvalue weighted by Crippen LogP contribution is -2.12. The molecular formula is C18H14ClN5O2. The van der Waals surface area contributed by atoms with E-state index in [9.17, 15) is 10.1 Å². The summed E-state index contributed by atoms with van der Waals surface area (Å²) in [5.41, 5.74) is 3.53. The van der Waals surface area contributed by atoms with Crippen LogP contribution < -0.4 is 10.2 Å². The maximum Gasteiger partial charge on any atom is 0.269 e.